The molecule has 42 heavy (non-hydrogen) atoms. The predicted molar refractivity (Wildman–Crippen MR) is 170 cm³/mol. The van der Waals surface area contributed by atoms with Crippen molar-refractivity contribution in [3.05, 3.63) is 143 Å². The maximum absolute atomic E-state index is 5.86. The maximum atomic E-state index is 5.86. The van der Waals surface area contributed by atoms with E-state index in [-0.39, 0.29) is 6.04 Å². The molecule has 3 heterocycles. The van der Waals surface area contributed by atoms with Crippen LogP contribution in [0.2, 0.25) is 0 Å². The van der Waals surface area contributed by atoms with Crippen molar-refractivity contribution >= 4 is 28.1 Å². The summed E-state index contributed by atoms with van der Waals surface area (Å²) in [5, 5.41) is 14.3. The number of aryl methyl sites for hydroxylation is 2. The van der Waals surface area contributed by atoms with Gasteiger partial charge in [0.05, 0.1) is 25.4 Å². The first-order chi connectivity index (χ1) is 20.7. The Kier molecular flexibility index (Phi) is 8.33. The molecule has 6 aromatic rings. The first kappa shape index (κ1) is 27.4. The van der Waals surface area contributed by atoms with Gasteiger partial charge >= 0.3 is 0 Å². The van der Waals surface area contributed by atoms with Gasteiger partial charge in [-0.05, 0) is 53.4 Å². The van der Waals surface area contributed by atoms with Gasteiger partial charge in [0.25, 0.3) is 0 Å². The number of benzene rings is 3. The molecule has 0 aliphatic carbocycles. The fraction of sp³-hybridized carbons (Fsp3) is 0.176. The van der Waals surface area contributed by atoms with Gasteiger partial charge in [-0.15, -0.1) is 10.2 Å². The van der Waals surface area contributed by atoms with Gasteiger partial charge in [0.2, 0.25) is 0 Å². The van der Waals surface area contributed by atoms with Crippen LogP contribution in [0, 0.1) is 0 Å². The number of H-pyrrole nitrogens is 1. The Balaban J connectivity index is 1.38. The Bertz CT molecular complexity index is 1760. The summed E-state index contributed by atoms with van der Waals surface area (Å²) in [6.07, 6.45) is 6.12. The Morgan fingerprint density at radius 3 is 2.45 bits per heavy atom. The molecule has 0 aliphatic rings. The van der Waals surface area contributed by atoms with E-state index in [2.05, 4.69) is 80.6 Å². The fourth-order valence-electron chi connectivity index (χ4n) is 5.24. The summed E-state index contributed by atoms with van der Waals surface area (Å²) in [7, 11) is 1.68. The molecule has 1 unspecified atom stereocenters. The van der Waals surface area contributed by atoms with Crippen LogP contribution >= 0.6 is 12.2 Å². The summed E-state index contributed by atoms with van der Waals surface area (Å²) in [6.45, 7) is 0.624. The Morgan fingerprint density at radius 2 is 1.67 bits per heavy atom. The number of aromatic amines is 1. The lowest BCUT2D eigenvalue weighted by Crippen LogP contribution is -2.32. The van der Waals surface area contributed by atoms with Crippen LogP contribution in [0.3, 0.4) is 0 Å². The van der Waals surface area contributed by atoms with Gasteiger partial charge in [0, 0.05) is 36.1 Å². The second-order valence-electron chi connectivity index (χ2n) is 10.2. The van der Waals surface area contributed by atoms with Gasteiger partial charge in [-0.2, -0.15) is 0 Å². The molecule has 8 heteroatoms. The lowest BCUT2D eigenvalue weighted by molar-refractivity contribution is 0.414. The minimum Gasteiger partial charge on any atom is -0.497 e. The smallest absolute Gasteiger partial charge is 0.156 e. The van der Waals surface area contributed by atoms with Crippen molar-refractivity contribution in [2.75, 3.05) is 7.11 Å². The average Bonchev–Trinajstić information content (AvgIpc) is 3.64. The summed E-state index contributed by atoms with van der Waals surface area (Å²) in [5.41, 5.74) is 5.40. The second kappa shape index (κ2) is 12.8. The van der Waals surface area contributed by atoms with Gasteiger partial charge in [-0.3, -0.25) is 4.98 Å². The van der Waals surface area contributed by atoms with Crippen LogP contribution in [0.15, 0.2) is 109 Å². The minimum atomic E-state index is -0.241. The molecule has 3 aromatic heterocycles. The summed E-state index contributed by atoms with van der Waals surface area (Å²) in [6, 6.07) is 32.5. The van der Waals surface area contributed by atoms with Crippen molar-refractivity contribution < 1.29 is 4.74 Å². The molecule has 0 amide bonds. The predicted octanol–water partition coefficient (Wildman–Crippen LogP) is 6.25. The minimum absolute atomic E-state index is 0.241. The van der Waals surface area contributed by atoms with Crippen molar-refractivity contribution in [2.45, 2.75) is 31.8 Å². The molecule has 2 N–H and O–H groups in total. The molecule has 0 aliphatic heterocycles. The van der Waals surface area contributed by atoms with Gasteiger partial charge < -0.3 is 19.6 Å². The first-order valence-corrected chi connectivity index (χ1v) is 14.4. The van der Waals surface area contributed by atoms with E-state index in [4.69, 9.17) is 27.2 Å². The Hall–Kier alpha value is -4.82. The van der Waals surface area contributed by atoms with Crippen molar-refractivity contribution in [3.8, 4) is 5.75 Å². The van der Waals surface area contributed by atoms with Crippen molar-refractivity contribution in [3.63, 3.8) is 0 Å². The molecular formula is C34H32N6OS. The third kappa shape index (κ3) is 6.24. The highest BCUT2D eigenvalue weighted by atomic mass is 32.1. The molecular weight excluding hydrogens is 540 g/mol. The number of aromatic nitrogens is 5. The highest BCUT2D eigenvalue weighted by Crippen LogP contribution is 2.26. The Morgan fingerprint density at radius 1 is 0.881 bits per heavy atom. The van der Waals surface area contributed by atoms with E-state index >= 15 is 0 Å². The highest BCUT2D eigenvalue weighted by Gasteiger charge is 2.25. The van der Waals surface area contributed by atoms with E-state index in [1.807, 2.05) is 42.5 Å². The van der Waals surface area contributed by atoms with Crippen LogP contribution in [0.4, 0.5) is 0 Å². The third-order valence-corrected chi connectivity index (χ3v) is 7.78. The summed E-state index contributed by atoms with van der Waals surface area (Å²) < 4.78 is 7.63. The highest BCUT2D eigenvalue weighted by molar-refractivity contribution is 7.80. The van der Waals surface area contributed by atoms with E-state index in [1.54, 1.807) is 13.3 Å². The number of hydrogen-bond donors (Lipinski definition) is 2. The molecule has 7 nitrogen and oxygen atoms in total. The normalized spacial score (nSPS) is 11.8. The summed E-state index contributed by atoms with van der Waals surface area (Å²) >= 11 is 5.86. The number of ether oxygens (including phenoxy) is 1. The zero-order chi connectivity index (χ0) is 28.7. The maximum Gasteiger partial charge on any atom is 0.156 e. The quantitative estimate of drug-likeness (QED) is 0.179. The second-order valence-corrected chi connectivity index (χ2v) is 10.6. The summed E-state index contributed by atoms with van der Waals surface area (Å²) in [5.74, 6) is 2.59. The lowest BCUT2D eigenvalue weighted by Gasteiger charge is -2.21. The number of fused-ring (bicyclic) bond motifs is 1. The number of para-hydroxylation sites is 1. The number of pyridine rings is 1. The number of hydrogen-bond acceptors (Lipinski definition) is 5. The first-order valence-electron chi connectivity index (χ1n) is 14.0. The largest absolute Gasteiger partial charge is 0.497 e. The molecule has 0 spiro atoms. The van der Waals surface area contributed by atoms with Gasteiger partial charge in [0.15, 0.2) is 5.82 Å². The molecule has 0 fully saturated rings. The third-order valence-electron chi connectivity index (χ3n) is 7.45. The number of nitrogens with one attached hydrogen (secondary N) is 2. The van der Waals surface area contributed by atoms with Gasteiger partial charge in [-0.25, -0.2) is 0 Å². The van der Waals surface area contributed by atoms with Gasteiger partial charge in [0.1, 0.15) is 16.6 Å². The van der Waals surface area contributed by atoms with Crippen LogP contribution in [0.25, 0.3) is 10.9 Å². The number of thiocarbonyl (C=S) groups is 1. The van der Waals surface area contributed by atoms with Crippen molar-refractivity contribution in [2.24, 2.45) is 0 Å². The van der Waals surface area contributed by atoms with Crippen LogP contribution in [-0.2, 0) is 25.8 Å². The van der Waals surface area contributed by atoms with E-state index in [9.17, 15) is 0 Å². The molecule has 1 atom stereocenters. The molecule has 6 rings (SSSR count). The molecule has 0 radical (unpaired) electrons. The molecule has 3 aromatic carbocycles. The van der Waals surface area contributed by atoms with E-state index in [1.165, 1.54) is 16.5 Å². The van der Waals surface area contributed by atoms with E-state index < -0.39 is 0 Å². The zero-order valence-electron chi connectivity index (χ0n) is 23.4. The monoisotopic (exact) mass is 572 g/mol. The van der Waals surface area contributed by atoms with Crippen LogP contribution in [0.5, 0.6) is 5.75 Å². The zero-order valence-corrected chi connectivity index (χ0v) is 24.2. The van der Waals surface area contributed by atoms with Crippen molar-refractivity contribution in [1.29, 1.82) is 0 Å². The topological polar surface area (TPSA) is 80.6 Å². The summed E-state index contributed by atoms with van der Waals surface area (Å²) in [4.78, 5) is 8.47. The molecule has 0 bridgehead atoms. The van der Waals surface area contributed by atoms with Crippen molar-refractivity contribution in [1.82, 2.24) is 30.0 Å². The van der Waals surface area contributed by atoms with Gasteiger partial charge in [-0.1, -0.05) is 78.9 Å². The van der Waals surface area contributed by atoms with Crippen LogP contribution in [0.1, 0.15) is 40.1 Å². The fourth-order valence-corrected chi connectivity index (χ4v) is 5.50. The number of nitrogens with zero attached hydrogens (tertiary/aromatic N) is 4. The molecule has 0 saturated heterocycles. The van der Waals surface area contributed by atoms with E-state index in [0.717, 1.165) is 47.0 Å². The molecule has 0 saturated carbocycles. The SMILES string of the molecule is COc1ccc(Cn2c(CCc3ccccc3)nnc2C(Cc2c[nH]c3ccccc23)NC(=S)c2ccccn2)cc1. The van der Waals surface area contributed by atoms with Crippen LogP contribution < -0.4 is 10.1 Å². The molecule has 210 valence electrons. The van der Waals surface area contributed by atoms with Crippen LogP contribution in [-0.4, -0.2) is 36.8 Å². The number of rotatable bonds is 11. The number of methoxy groups -OCH3 is 1. The average molecular weight is 573 g/mol. The van der Waals surface area contributed by atoms with E-state index in [0.29, 0.717) is 18.0 Å². The Labute approximate surface area is 250 Å². The lowest BCUT2D eigenvalue weighted by atomic mass is 10.0. The standard InChI is InChI=1S/C34H32N6OS/c1-41-27-17-14-25(15-18-27)23-40-32(19-16-24-9-3-2-4-10-24)38-39-33(40)31(37-34(42)30-13-7-8-20-35-30)21-26-22-36-29-12-6-5-11-28(26)29/h2-15,17-18,20,22,31,36H,16,19,21,23H2,1H3,(H,37,42).